The summed E-state index contributed by atoms with van der Waals surface area (Å²) in [5, 5.41) is 8.43. The first-order valence-corrected chi connectivity index (χ1v) is 19.2. The third-order valence-corrected chi connectivity index (χ3v) is 10.8. The van der Waals surface area contributed by atoms with Gasteiger partial charge in [-0.15, -0.1) is 23.1 Å². The minimum absolute atomic E-state index is 0.0412. The minimum Gasteiger partial charge on any atom is -0.462 e. The average molecular weight is 763 g/mol. The minimum atomic E-state index is -0.591. The summed E-state index contributed by atoms with van der Waals surface area (Å²) in [4.78, 5) is 57.4. The van der Waals surface area contributed by atoms with Crippen LogP contribution in [0, 0.1) is 5.82 Å². The molecule has 0 aliphatic carbocycles. The number of anilines is 2. The van der Waals surface area contributed by atoms with Crippen molar-refractivity contribution in [1.29, 1.82) is 0 Å². The molecule has 0 fully saturated rings. The molecule has 9 nitrogen and oxygen atoms in total. The molecule has 1 aliphatic rings. The molecule has 0 spiro atoms. The van der Waals surface area contributed by atoms with Gasteiger partial charge in [0.1, 0.15) is 16.5 Å². The van der Waals surface area contributed by atoms with E-state index < -0.39 is 28.9 Å². The molecule has 0 saturated carbocycles. The Labute approximate surface area is 321 Å². The van der Waals surface area contributed by atoms with Gasteiger partial charge >= 0.3 is 5.97 Å². The number of hydrogen-bond acceptors (Lipinski definition) is 8. The van der Waals surface area contributed by atoms with Crippen molar-refractivity contribution in [1.82, 2.24) is 10.2 Å². The van der Waals surface area contributed by atoms with Crippen LogP contribution >= 0.6 is 23.1 Å². The lowest BCUT2D eigenvalue weighted by Gasteiger charge is -2.27. The molecule has 3 amide bonds. The van der Waals surface area contributed by atoms with Gasteiger partial charge in [0.05, 0.1) is 17.4 Å². The van der Waals surface area contributed by atoms with Crippen LogP contribution in [0.2, 0.25) is 0 Å². The van der Waals surface area contributed by atoms with Gasteiger partial charge in [-0.3, -0.25) is 19.3 Å². The monoisotopic (exact) mass is 762 g/mol. The second kappa shape index (κ2) is 18.0. The van der Waals surface area contributed by atoms with Crippen LogP contribution in [-0.4, -0.2) is 47.0 Å². The predicted molar refractivity (Wildman–Crippen MR) is 212 cm³/mol. The van der Waals surface area contributed by atoms with Crippen LogP contribution in [0.25, 0.3) is 6.08 Å². The van der Waals surface area contributed by atoms with E-state index >= 15 is 0 Å². The van der Waals surface area contributed by atoms with E-state index in [1.807, 2.05) is 24.3 Å². The highest BCUT2D eigenvalue weighted by atomic mass is 32.2. The third kappa shape index (κ3) is 9.90. The number of nitrogens with one attached hydrogen (secondary N) is 3. The average Bonchev–Trinajstić information content (AvgIpc) is 3.53. The number of amides is 3. The maximum absolute atomic E-state index is 13.6. The van der Waals surface area contributed by atoms with E-state index in [0.29, 0.717) is 45.2 Å². The van der Waals surface area contributed by atoms with Crippen molar-refractivity contribution >= 4 is 63.6 Å². The number of thioether (sulfide) groups is 1. The number of benzene rings is 4. The highest BCUT2D eigenvalue weighted by Crippen LogP contribution is 2.39. The summed E-state index contributed by atoms with van der Waals surface area (Å²) in [7, 11) is 0. The standard InChI is InChI=1S/C42H39FN4O5S2/c1-3-52-42(51)37-34-21-22-47(25-29-11-6-4-7-12-29)26-36(34)54-41(37)46-38(48)27(2)53-33-16-10-15-32(24-33)44-40(50)35(23-28-17-19-31(43)20-18-28)45-39(49)30-13-8-5-9-14-30/h4-20,23-24,27H,3,21-22,25-26H2,1-2H3,(H,44,50)(H,45,49)(H,46,48)/b35-23-. The Hall–Kier alpha value is -5.56. The molecule has 276 valence electrons. The zero-order chi connectivity index (χ0) is 38.0. The summed E-state index contributed by atoms with van der Waals surface area (Å²) in [5.41, 5.74) is 3.84. The highest BCUT2D eigenvalue weighted by molar-refractivity contribution is 8.00. The predicted octanol–water partition coefficient (Wildman–Crippen LogP) is 8.15. The normalized spacial score (nSPS) is 13.4. The van der Waals surface area contributed by atoms with E-state index in [1.54, 1.807) is 62.4 Å². The fourth-order valence-corrected chi connectivity index (χ4v) is 8.13. The summed E-state index contributed by atoms with van der Waals surface area (Å²) < 4.78 is 19.0. The second-order valence-corrected chi connectivity index (χ2v) is 15.1. The summed E-state index contributed by atoms with van der Waals surface area (Å²) in [6.45, 7) is 5.98. The molecule has 0 bridgehead atoms. The Morgan fingerprint density at radius 2 is 1.65 bits per heavy atom. The molecule has 1 atom stereocenters. The molecule has 12 heteroatoms. The van der Waals surface area contributed by atoms with Gasteiger partial charge in [0.2, 0.25) is 5.91 Å². The van der Waals surface area contributed by atoms with Gasteiger partial charge in [-0.25, -0.2) is 9.18 Å². The molecule has 3 N–H and O–H groups in total. The van der Waals surface area contributed by atoms with Crippen molar-refractivity contribution in [2.75, 3.05) is 23.8 Å². The molecule has 0 radical (unpaired) electrons. The molecular formula is C42H39FN4O5S2. The number of carbonyl (C=O) groups is 4. The number of hydrogen-bond donors (Lipinski definition) is 3. The lowest BCUT2D eigenvalue weighted by atomic mass is 10.0. The van der Waals surface area contributed by atoms with Crippen LogP contribution in [0.1, 0.15) is 56.1 Å². The molecule has 1 unspecified atom stereocenters. The molecule has 1 aliphatic heterocycles. The number of carbonyl (C=O) groups excluding carboxylic acids is 4. The van der Waals surface area contributed by atoms with Gasteiger partial charge in [-0.2, -0.15) is 0 Å². The summed E-state index contributed by atoms with van der Waals surface area (Å²) in [6, 6.07) is 31.3. The van der Waals surface area contributed by atoms with Crippen molar-refractivity contribution < 1.29 is 28.3 Å². The Kier molecular flexibility index (Phi) is 12.7. The van der Waals surface area contributed by atoms with Crippen LogP contribution in [0.5, 0.6) is 0 Å². The van der Waals surface area contributed by atoms with Gasteiger partial charge in [-0.05, 0) is 85.5 Å². The van der Waals surface area contributed by atoms with Crippen molar-refractivity contribution in [2.45, 2.75) is 43.5 Å². The number of fused-ring (bicyclic) bond motifs is 1. The summed E-state index contributed by atoms with van der Waals surface area (Å²) in [6.07, 6.45) is 2.14. The van der Waals surface area contributed by atoms with Crippen LogP contribution in [0.3, 0.4) is 0 Å². The first-order valence-electron chi connectivity index (χ1n) is 17.5. The number of rotatable bonds is 13. The molecular weight excluding hydrogens is 724 g/mol. The lowest BCUT2D eigenvalue weighted by molar-refractivity contribution is -0.115. The maximum Gasteiger partial charge on any atom is 0.341 e. The molecule has 0 saturated heterocycles. The van der Waals surface area contributed by atoms with Crippen molar-refractivity contribution in [3.8, 4) is 0 Å². The smallest absolute Gasteiger partial charge is 0.341 e. The number of nitrogens with zero attached hydrogens (tertiary/aromatic N) is 1. The van der Waals surface area contributed by atoms with Gasteiger partial charge < -0.3 is 20.7 Å². The van der Waals surface area contributed by atoms with Gasteiger partial charge in [0, 0.05) is 40.7 Å². The summed E-state index contributed by atoms with van der Waals surface area (Å²) in [5.74, 6) is -2.23. The zero-order valence-corrected chi connectivity index (χ0v) is 31.4. The van der Waals surface area contributed by atoms with Crippen molar-refractivity contribution in [3.05, 3.63) is 153 Å². The van der Waals surface area contributed by atoms with Gasteiger partial charge in [0.15, 0.2) is 0 Å². The first-order chi connectivity index (χ1) is 26.2. The van der Waals surface area contributed by atoms with E-state index in [2.05, 4.69) is 33.0 Å². The number of halogens is 1. The van der Waals surface area contributed by atoms with E-state index in [9.17, 15) is 23.6 Å². The molecule has 1 aromatic heterocycles. The highest BCUT2D eigenvalue weighted by Gasteiger charge is 2.30. The van der Waals surface area contributed by atoms with E-state index in [1.165, 1.54) is 59.0 Å². The number of esters is 1. The fraction of sp³-hybridized carbons (Fsp3) is 0.190. The molecule has 6 rings (SSSR count). The van der Waals surface area contributed by atoms with E-state index in [0.717, 1.165) is 23.5 Å². The number of thiophene rings is 1. The summed E-state index contributed by atoms with van der Waals surface area (Å²) >= 11 is 2.70. The number of ether oxygens (including phenoxy) is 1. The van der Waals surface area contributed by atoms with Crippen molar-refractivity contribution in [3.63, 3.8) is 0 Å². The Bertz CT molecular complexity index is 2160. The third-order valence-electron chi connectivity index (χ3n) is 8.59. The maximum atomic E-state index is 13.6. The van der Waals surface area contributed by atoms with Crippen LogP contribution in [0.15, 0.2) is 120 Å². The molecule has 2 heterocycles. The van der Waals surface area contributed by atoms with Gasteiger partial charge in [0.25, 0.3) is 11.8 Å². The Morgan fingerprint density at radius 3 is 2.37 bits per heavy atom. The molecule has 4 aromatic carbocycles. The largest absolute Gasteiger partial charge is 0.462 e. The second-order valence-electron chi connectivity index (χ2n) is 12.5. The Morgan fingerprint density at radius 1 is 0.926 bits per heavy atom. The van der Waals surface area contributed by atoms with Crippen LogP contribution < -0.4 is 16.0 Å². The Balaban J connectivity index is 1.14. The molecule has 5 aromatic rings. The molecule has 54 heavy (non-hydrogen) atoms. The lowest BCUT2D eigenvalue weighted by Crippen LogP contribution is -2.30. The SMILES string of the molecule is CCOC(=O)c1c(NC(=O)C(C)Sc2cccc(NC(=O)/C(=C/c3ccc(F)cc3)NC(=O)c3ccccc3)c2)sc2c1CCN(Cc1ccccc1)C2. The first kappa shape index (κ1) is 38.2. The quantitative estimate of drug-likeness (QED) is 0.0630. The van der Waals surface area contributed by atoms with E-state index in [-0.39, 0.29) is 18.2 Å². The van der Waals surface area contributed by atoms with Crippen LogP contribution in [-0.2, 0) is 33.8 Å². The van der Waals surface area contributed by atoms with Crippen molar-refractivity contribution in [2.24, 2.45) is 0 Å². The van der Waals surface area contributed by atoms with E-state index in [4.69, 9.17) is 4.74 Å². The fourth-order valence-electron chi connectivity index (χ4n) is 5.93. The van der Waals surface area contributed by atoms with Gasteiger partial charge in [-0.1, -0.05) is 66.7 Å². The zero-order valence-electron chi connectivity index (χ0n) is 29.8. The van der Waals surface area contributed by atoms with Crippen LogP contribution in [0.4, 0.5) is 15.1 Å². The topological polar surface area (TPSA) is 117 Å².